The van der Waals surface area contributed by atoms with Gasteiger partial charge in [0.15, 0.2) is 0 Å². The molecule has 7 heteroatoms. The first-order chi connectivity index (χ1) is 12.1. The zero-order chi connectivity index (χ0) is 17.8. The van der Waals surface area contributed by atoms with Crippen LogP contribution in [0, 0.1) is 0 Å². The Hall–Kier alpha value is -2.93. The van der Waals surface area contributed by atoms with Crippen LogP contribution in [0.1, 0.15) is 32.0 Å². The summed E-state index contributed by atoms with van der Waals surface area (Å²) in [5.41, 5.74) is 6.96. The highest BCUT2D eigenvalue weighted by atomic mass is 32.1. The first-order valence-electron chi connectivity index (χ1n) is 7.81. The number of thiophene rings is 1. The Balaban J connectivity index is 1.71. The molecule has 0 saturated heterocycles. The standard InChI is InChI=1S/C18H17N3O3S/c1-2-16(22)21-9-3-5-12-11-13(7-8-14(12)21)17(23)19-20-18(24)15-6-4-10-25-15/h2,4,6-8,10-11H,1,3,5,9H2,(H,19,23)(H,20,24). The molecule has 1 aromatic heterocycles. The molecule has 0 bridgehead atoms. The van der Waals surface area contributed by atoms with Gasteiger partial charge < -0.3 is 4.90 Å². The number of amides is 3. The minimum absolute atomic E-state index is 0.152. The highest BCUT2D eigenvalue weighted by Crippen LogP contribution is 2.28. The minimum atomic E-state index is -0.403. The van der Waals surface area contributed by atoms with E-state index in [1.165, 1.54) is 17.4 Å². The van der Waals surface area contributed by atoms with E-state index < -0.39 is 5.91 Å². The monoisotopic (exact) mass is 355 g/mol. The van der Waals surface area contributed by atoms with Gasteiger partial charge in [-0.2, -0.15) is 0 Å². The summed E-state index contributed by atoms with van der Waals surface area (Å²) in [6.45, 7) is 4.16. The van der Waals surface area contributed by atoms with Crippen molar-refractivity contribution in [3.63, 3.8) is 0 Å². The van der Waals surface area contributed by atoms with Crippen LogP contribution in [0.5, 0.6) is 0 Å². The third-order valence-electron chi connectivity index (χ3n) is 3.94. The SMILES string of the molecule is C=CC(=O)N1CCCc2cc(C(=O)NNC(=O)c3cccs3)ccc21. The molecule has 0 spiro atoms. The van der Waals surface area contributed by atoms with Gasteiger partial charge in [0.1, 0.15) is 0 Å². The fourth-order valence-corrected chi connectivity index (χ4v) is 3.35. The topological polar surface area (TPSA) is 78.5 Å². The maximum atomic E-state index is 12.3. The number of fused-ring (bicyclic) bond motifs is 1. The first kappa shape index (κ1) is 16.9. The molecule has 1 aromatic carbocycles. The van der Waals surface area contributed by atoms with Crippen LogP contribution >= 0.6 is 11.3 Å². The van der Waals surface area contributed by atoms with Gasteiger partial charge in [0.05, 0.1) is 4.88 Å². The van der Waals surface area contributed by atoms with Gasteiger partial charge in [-0.15, -0.1) is 11.3 Å². The summed E-state index contributed by atoms with van der Waals surface area (Å²) in [6, 6.07) is 8.59. The van der Waals surface area contributed by atoms with Gasteiger partial charge in [-0.3, -0.25) is 25.2 Å². The van der Waals surface area contributed by atoms with Crippen molar-refractivity contribution < 1.29 is 14.4 Å². The number of aryl methyl sites for hydroxylation is 1. The van der Waals surface area contributed by atoms with E-state index in [4.69, 9.17) is 0 Å². The molecule has 1 aliphatic heterocycles. The van der Waals surface area contributed by atoms with Crippen molar-refractivity contribution in [1.29, 1.82) is 0 Å². The summed E-state index contributed by atoms with van der Waals surface area (Å²) in [5, 5.41) is 1.79. The Labute approximate surface area is 149 Å². The molecule has 25 heavy (non-hydrogen) atoms. The van der Waals surface area contributed by atoms with Gasteiger partial charge in [0.25, 0.3) is 11.8 Å². The van der Waals surface area contributed by atoms with E-state index in [0.717, 1.165) is 24.1 Å². The zero-order valence-electron chi connectivity index (χ0n) is 13.5. The smallest absolute Gasteiger partial charge is 0.279 e. The van der Waals surface area contributed by atoms with Crippen molar-refractivity contribution in [3.8, 4) is 0 Å². The third kappa shape index (κ3) is 3.61. The molecule has 2 N–H and O–H groups in total. The van der Waals surface area contributed by atoms with Crippen molar-refractivity contribution in [2.75, 3.05) is 11.4 Å². The van der Waals surface area contributed by atoms with E-state index in [1.807, 2.05) is 0 Å². The van der Waals surface area contributed by atoms with Crippen LogP contribution in [0.4, 0.5) is 5.69 Å². The number of anilines is 1. The lowest BCUT2D eigenvalue weighted by Crippen LogP contribution is -2.41. The molecule has 0 fully saturated rings. The summed E-state index contributed by atoms with van der Waals surface area (Å²) >= 11 is 1.29. The lowest BCUT2D eigenvalue weighted by Gasteiger charge is -2.28. The van der Waals surface area contributed by atoms with Gasteiger partial charge in [-0.1, -0.05) is 12.6 Å². The molecule has 0 atom stereocenters. The van der Waals surface area contributed by atoms with Gasteiger partial charge in [-0.25, -0.2) is 0 Å². The summed E-state index contributed by atoms with van der Waals surface area (Å²) in [5.74, 6) is -0.912. The van der Waals surface area contributed by atoms with Crippen LogP contribution in [0.25, 0.3) is 0 Å². The number of hydrogen-bond donors (Lipinski definition) is 2. The number of nitrogens with zero attached hydrogens (tertiary/aromatic N) is 1. The van der Waals surface area contributed by atoms with Crippen molar-refractivity contribution in [2.24, 2.45) is 0 Å². The predicted octanol–water partition coefficient (Wildman–Crippen LogP) is 2.29. The molecule has 1 aliphatic rings. The van der Waals surface area contributed by atoms with Crippen LogP contribution in [0.2, 0.25) is 0 Å². The number of hydrazine groups is 1. The molecular weight excluding hydrogens is 338 g/mol. The van der Waals surface area contributed by atoms with E-state index in [9.17, 15) is 14.4 Å². The van der Waals surface area contributed by atoms with Crippen LogP contribution in [0.3, 0.4) is 0 Å². The van der Waals surface area contributed by atoms with E-state index in [2.05, 4.69) is 17.4 Å². The number of benzene rings is 1. The van der Waals surface area contributed by atoms with E-state index >= 15 is 0 Å². The average Bonchev–Trinajstić information content (AvgIpc) is 3.19. The molecule has 2 aromatic rings. The Morgan fingerprint density at radius 3 is 2.68 bits per heavy atom. The average molecular weight is 355 g/mol. The molecule has 0 radical (unpaired) electrons. The molecule has 2 heterocycles. The van der Waals surface area contributed by atoms with Crippen molar-refractivity contribution in [3.05, 3.63) is 64.4 Å². The Morgan fingerprint density at radius 2 is 1.96 bits per heavy atom. The molecule has 3 amide bonds. The summed E-state index contributed by atoms with van der Waals surface area (Å²) in [4.78, 5) is 38.2. The maximum absolute atomic E-state index is 12.3. The molecular formula is C18H17N3O3S. The third-order valence-corrected chi connectivity index (χ3v) is 4.80. The summed E-state index contributed by atoms with van der Waals surface area (Å²) in [6.07, 6.45) is 2.90. The van der Waals surface area contributed by atoms with Crippen molar-refractivity contribution in [1.82, 2.24) is 10.9 Å². The Bertz CT molecular complexity index is 830. The quantitative estimate of drug-likeness (QED) is 0.655. The maximum Gasteiger partial charge on any atom is 0.279 e. The molecule has 3 rings (SSSR count). The number of rotatable bonds is 3. The van der Waals surface area contributed by atoms with E-state index in [1.54, 1.807) is 40.6 Å². The first-order valence-corrected chi connectivity index (χ1v) is 8.69. The van der Waals surface area contributed by atoms with Gasteiger partial charge >= 0.3 is 0 Å². The number of hydrogen-bond acceptors (Lipinski definition) is 4. The molecule has 0 saturated carbocycles. The summed E-state index contributed by atoms with van der Waals surface area (Å²) in [7, 11) is 0. The van der Waals surface area contributed by atoms with E-state index in [0.29, 0.717) is 17.0 Å². The largest absolute Gasteiger partial charge is 0.309 e. The second-order valence-electron chi connectivity index (χ2n) is 5.53. The van der Waals surface area contributed by atoms with Crippen LogP contribution < -0.4 is 15.8 Å². The molecule has 6 nitrogen and oxygen atoms in total. The Morgan fingerprint density at radius 1 is 1.16 bits per heavy atom. The number of carbonyl (C=O) groups is 3. The van der Waals surface area contributed by atoms with Gasteiger partial charge in [0.2, 0.25) is 5.91 Å². The van der Waals surface area contributed by atoms with Gasteiger partial charge in [-0.05, 0) is 54.1 Å². The van der Waals surface area contributed by atoms with Crippen LogP contribution in [-0.2, 0) is 11.2 Å². The highest BCUT2D eigenvalue weighted by molar-refractivity contribution is 7.12. The zero-order valence-corrected chi connectivity index (χ0v) is 14.3. The normalized spacial score (nSPS) is 12.9. The van der Waals surface area contributed by atoms with E-state index in [-0.39, 0.29) is 11.8 Å². The molecule has 128 valence electrons. The predicted molar refractivity (Wildman–Crippen MR) is 96.6 cm³/mol. The van der Waals surface area contributed by atoms with Crippen LogP contribution in [0.15, 0.2) is 48.4 Å². The second-order valence-corrected chi connectivity index (χ2v) is 6.47. The van der Waals surface area contributed by atoms with Gasteiger partial charge in [0, 0.05) is 17.8 Å². The van der Waals surface area contributed by atoms with Crippen molar-refractivity contribution in [2.45, 2.75) is 12.8 Å². The van der Waals surface area contributed by atoms with Crippen molar-refractivity contribution >= 4 is 34.7 Å². The second kappa shape index (κ2) is 7.31. The fraction of sp³-hybridized carbons (Fsp3) is 0.167. The lowest BCUT2D eigenvalue weighted by atomic mass is 9.99. The molecule has 0 unspecified atom stereocenters. The lowest BCUT2D eigenvalue weighted by molar-refractivity contribution is -0.114. The Kier molecular flexibility index (Phi) is 4.95. The number of nitrogens with one attached hydrogen (secondary N) is 2. The molecule has 0 aliphatic carbocycles. The highest BCUT2D eigenvalue weighted by Gasteiger charge is 2.22. The summed E-state index contributed by atoms with van der Waals surface area (Å²) < 4.78 is 0. The fourth-order valence-electron chi connectivity index (χ4n) is 2.73. The number of carbonyl (C=O) groups excluding carboxylic acids is 3. The minimum Gasteiger partial charge on any atom is -0.309 e. The van der Waals surface area contributed by atoms with Crippen LogP contribution in [-0.4, -0.2) is 24.3 Å².